The summed E-state index contributed by atoms with van der Waals surface area (Å²) >= 11 is 2.23. The Kier molecular flexibility index (Phi) is 2.67. The van der Waals surface area contributed by atoms with Crippen molar-refractivity contribution in [2.75, 3.05) is 18.0 Å². The molecule has 0 amide bonds. The van der Waals surface area contributed by atoms with Crippen molar-refractivity contribution in [1.29, 1.82) is 0 Å². The average molecular weight is 167 g/mol. The quantitative estimate of drug-likeness (QED) is 0.571. The van der Waals surface area contributed by atoms with E-state index < -0.39 is 0 Å². The number of hydrogen-bond acceptors (Lipinski definition) is 1. The van der Waals surface area contributed by atoms with Crippen LogP contribution in [0.2, 0.25) is 0 Å². The zero-order valence-electron chi connectivity index (χ0n) is 8.51. The van der Waals surface area contributed by atoms with Gasteiger partial charge < -0.3 is 0 Å². The Morgan fingerprint density at radius 2 is 1.92 bits per heavy atom. The van der Waals surface area contributed by atoms with E-state index in [1.54, 1.807) is 0 Å². The Bertz CT molecular complexity index is 303. The van der Waals surface area contributed by atoms with Crippen LogP contribution in [0, 0.1) is 6.92 Å². The van der Waals surface area contributed by atoms with Crippen LogP contribution >= 0.6 is 0 Å². The minimum absolute atomic E-state index is 1.24. The first kappa shape index (κ1) is 9.18. The van der Waals surface area contributed by atoms with E-state index >= 15 is 0 Å². The molecule has 0 atom stereocenters. The molecule has 1 heterocycles. The Hall–Kier alpha value is -0.383. The van der Waals surface area contributed by atoms with Crippen molar-refractivity contribution in [3.63, 3.8) is 0 Å². The van der Waals surface area contributed by atoms with Crippen molar-refractivity contribution in [1.82, 2.24) is 0 Å². The fourth-order valence-corrected chi connectivity index (χ4v) is 2.04. The van der Waals surface area contributed by atoms with Gasteiger partial charge in [-0.2, -0.15) is 0 Å². The van der Waals surface area contributed by atoms with Crippen LogP contribution in [0.25, 0.3) is 0 Å². The van der Waals surface area contributed by atoms with E-state index in [4.69, 9.17) is 0 Å². The monoisotopic (exact) mass is 167 g/mol. The van der Waals surface area contributed by atoms with E-state index in [0.29, 0.717) is 0 Å². The number of nitrogens with zero attached hydrogens (tertiary/aromatic N) is 1. The van der Waals surface area contributed by atoms with Gasteiger partial charge in [-0.25, -0.2) is 0 Å². The van der Waals surface area contributed by atoms with Crippen molar-refractivity contribution >= 4 is 27.6 Å². The summed E-state index contributed by atoms with van der Waals surface area (Å²) in [5.41, 5.74) is 2.85. The minimum atomic E-state index is 1.24. The van der Waals surface area contributed by atoms with Gasteiger partial charge in [-0.15, -0.1) is 0 Å². The molecule has 0 saturated carbocycles. The predicted octanol–water partition coefficient (Wildman–Crippen LogP) is 1.39. The molecular formula is C11H14LiN. The Morgan fingerprint density at radius 1 is 1.23 bits per heavy atom. The Labute approximate surface area is 89.3 Å². The second-order valence-electron chi connectivity index (χ2n) is 3.91. The Morgan fingerprint density at radius 3 is 2.62 bits per heavy atom. The van der Waals surface area contributed by atoms with E-state index in [2.05, 4.69) is 47.7 Å². The third kappa shape index (κ3) is 1.77. The molecule has 1 nitrogen and oxygen atoms in total. The van der Waals surface area contributed by atoms with Gasteiger partial charge in [-0.1, -0.05) is 0 Å². The van der Waals surface area contributed by atoms with Gasteiger partial charge in [0.05, 0.1) is 0 Å². The van der Waals surface area contributed by atoms with Crippen LogP contribution in [-0.2, 0) is 0 Å². The fraction of sp³-hybridized carbons (Fsp3) is 0.455. The van der Waals surface area contributed by atoms with Gasteiger partial charge >= 0.3 is 89.2 Å². The van der Waals surface area contributed by atoms with Gasteiger partial charge in [-0.05, 0) is 0 Å². The van der Waals surface area contributed by atoms with Crippen molar-refractivity contribution < 1.29 is 0 Å². The van der Waals surface area contributed by atoms with Crippen LogP contribution in [0.4, 0.5) is 5.69 Å². The van der Waals surface area contributed by atoms with Crippen molar-refractivity contribution in [3.8, 4) is 0 Å². The van der Waals surface area contributed by atoms with Gasteiger partial charge in [0.15, 0.2) is 0 Å². The summed E-state index contributed by atoms with van der Waals surface area (Å²) in [6.07, 6.45) is 2.71. The van der Waals surface area contributed by atoms with E-state index in [9.17, 15) is 0 Å². The molecule has 2 rings (SSSR count). The molecule has 1 saturated heterocycles. The average Bonchev–Trinajstić information content (AvgIpc) is 2.62. The molecular weight excluding hydrogens is 153 g/mol. The molecule has 0 spiro atoms. The first-order chi connectivity index (χ1) is 6.29. The van der Waals surface area contributed by atoms with Crippen molar-refractivity contribution in [3.05, 3.63) is 23.8 Å². The van der Waals surface area contributed by atoms with Gasteiger partial charge in [-0.3, -0.25) is 0 Å². The maximum absolute atomic E-state index is 2.50. The van der Waals surface area contributed by atoms with Gasteiger partial charge in [0.25, 0.3) is 0 Å². The number of hydrogen-bond donors (Lipinski definition) is 0. The third-order valence-corrected chi connectivity index (χ3v) is 3.02. The fourth-order valence-electron chi connectivity index (χ4n) is 2.04. The standard InChI is InChI=1S/C11H14N.Li/c1-10-5-4-6-11(9-10)12-7-2-3-8-12;/h4-6H,2-3,7-8H2,1H3;. The van der Waals surface area contributed by atoms with Gasteiger partial charge in [0.2, 0.25) is 0 Å². The summed E-state index contributed by atoms with van der Waals surface area (Å²) in [5.74, 6) is 0. The van der Waals surface area contributed by atoms with Crippen LogP contribution < -0.4 is 9.14 Å². The second kappa shape index (κ2) is 3.78. The molecule has 0 bridgehead atoms. The van der Waals surface area contributed by atoms with Gasteiger partial charge in [0.1, 0.15) is 0 Å². The first-order valence-corrected chi connectivity index (χ1v) is 5.10. The molecule has 1 aromatic rings. The van der Waals surface area contributed by atoms with E-state index in [0.717, 1.165) is 0 Å². The number of anilines is 1. The molecule has 0 radical (unpaired) electrons. The van der Waals surface area contributed by atoms with Crippen molar-refractivity contribution in [2.45, 2.75) is 19.8 Å². The zero-order chi connectivity index (χ0) is 9.26. The van der Waals surface area contributed by atoms with E-state index in [1.165, 1.54) is 41.4 Å². The van der Waals surface area contributed by atoms with Crippen LogP contribution in [0.15, 0.2) is 18.2 Å². The summed E-state index contributed by atoms with van der Waals surface area (Å²) in [7, 11) is 0. The Balaban J connectivity index is 2.33. The summed E-state index contributed by atoms with van der Waals surface area (Å²) in [6, 6.07) is 6.60. The molecule has 13 heavy (non-hydrogen) atoms. The number of aryl methyl sites for hydroxylation is 1. The summed E-state index contributed by atoms with van der Waals surface area (Å²) < 4.78 is 1.45. The topological polar surface area (TPSA) is 3.24 Å². The molecule has 1 aliphatic heterocycles. The SMILES string of the molecule is [Li][c]1c(C)cccc1N1CCCC1. The van der Waals surface area contributed by atoms with Crippen molar-refractivity contribution in [2.24, 2.45) is 0 Å². The molecule has 0 aliphatic carbocycles. The van der Waals surface area contributed by atoms with E-state index in [1.807, 2.05) is 0 Å². The number of rotatable bonds is 1. The summed E-state index contributed by atoms with van der Waals surface area (Å²) in [4.78, 5) is 2.50. The molecule has 64 valence electrons. The maximum atomic E-state index is 2.50. The van der Waals surface area contributed by atoms with Crippen LogP contribution in [-0.4, -0.2) is 30.8 Å². The number of benzene rings is 1. The first-order valence-electron chi connectivity index (χ1n) is 5.10. The molecule has 2 heteroatoms. The molecule has 1 aliphatic rings. The molecule has 1 fully saturated rings. The summed E-state index contributed by atoms with van der Waals surface area (Å²) in [5, 5.41) is 0. The van der Waals surface area contributed by atoms with Crippen LogP contribution in [0.5, 0.6) is 0 Å². The zero-order valence-corrected chi connectivity index (χ0v) is 8.51. The molecule has 1 aromatic carbocycles. The molecule has 0 aromatic heterocycles. The molecule has 0 N–H and O–H groups in total. The van der Waals surface area contributed by atoms with Crippen LogP contribution in [0.3, 0.4) is 0 Å². The van der Waals surface area contributed by atoms with Crippen LogP contribution in [0.1, 0.15) is 18.4 Å². The third-order valence-electron chi connectivity index (χ3n) is 3.02. The van der Waals surface area contributed by atoms with E-state index in [-0.39, 0.29) is 0 Å². The normalized spacial score (nSPS) is 16.7. The molecule has 0 unspecified atom stereocenters. The summed E-state index contributed by atoms with van der Waals surface area (Å²) in [6.45, 7) is 4.67. The van der Waals surface area contributed by atoms with Gasteiger partial charge in [0, 0.05) is 0 Å². The predicted molar refractivity (Wildman–Crippen MR) is 58.0 cm³/mol. The second-order valence-corrected chi connectivity index (χ2v) is 3.91.